The monoisotopic (exact) mass is 320 g/mol. The van der Waals surface area contributed by atoms with Crippen LogP contribution < -0.4 is 10.1 Å². The Hall–Kier alpha value is -1.75. The SMILES string of the molecule is COc1ccc(C(C)CCNC(=O)N2CCC(CO)CC2)cc1. The minimum atomic E-state index is 0.0170. The molecule has 1 fully saturated rings. The number of piperidine rings is 1. The summed E-state index contributed by atoms with van der Waals surface area (Å²) in [5.74, 6) is 1.61. The van der Waals surface area contributed by atoms with E-state index in [2.05, 4.69) is 24.4 Å². The smallest absolute Gasteiger partial charge is 0.317 e. The van der Waals surface area contributed by atoms with Gasteiger partial charge in [-0.1, -0.05) is 19.1 Å². The second-order valence-electron chi connectivity index (χ2n) is 6.31. The molecule has 23 heavy (non-hydrogen) atoms. The van der Waals surface area contributed by atoms with Gasteiger partial charge in [0.25, 0.3) is 0 Å². The van der Waals surface area contributed by atoms with Gasteiger partial charge in [0.1, 0.15) is 5.75 Å². The van der Waals surface area contributed by atoms with E-state index in [1.165, 1.54) is 5.56 Å². The van der Waals surface area contributed by atoms with Crippen molar-refractivity contribution in [3.05, 3.63) is 29.8 Å². The Bertz CT molecular complexity index is 482. The van der Waals surface area contributed by atoms with Crippen LogP contribution in [-0.2, 0) is 0 Å². The van der Waals surface area contributed by atoms with Crippen molar-refractivity contribution in [3.63, 3.8) is 0 Å². The molecule has 1 aliphatic rings. The minimum absolute atomic E-state index is 0.0170. The zero-order valence-corrected chi connectivity index (χ0v) is 14.1. The Labute approximate surface area is 138 Å². The number of amides is 2. The van der Waals surface area contributed by atoms with Crippen LogP contribution in [0, 0.1) is 5.92 Å². The Kier molecular flexibility index (Phi) is 6.71. The molecule has 1 aliphatic heterocycles. The molecule has 128 valence electrons. The maximum atomic E-state index is 12.1. The maximum absolute atomic E-state index is 12.1. The third-order valence-electron chi connectivity index (χ3n) is 4.70. The normalized spacial score (nSPS) is 16.9. The van der Waals surface area contributed by atoms with Gasteiger partial charge in [0.05, 0.1) is 7.11 Å². The molecule has 5 nitrogen and oxygen atoms in total. The molecule has 0 bridgehead atoms. The van der Waals surface area contributed by atoms with Gasteiger partial charge in [0.2, 0.25) is 0 Å². The largest absolute Gasteiger partial charge is 0.497 e. The molecule has 5 heteroatoms. The molecule has 0 spiro atoms. The molecule has 1 atom stereocenters. The van der Waals surface area contributed by atoms with Gasteiger partial charge in [-0.15, -0.1) is 0 Å². The Morgan fingerprint density at radius 3 is 2.57 bits per heavy atom. The van der Waals surface area contributed by atoms with Crippen LogP contribution in [0.3, 0.4) is 0 Å². The standard InChI is InChI=1S/C18H28N2O3/c1-14(16-3-5-17(23-2)6-4-16)7-10-19-18(22)20-11-8-15(13-21)9-12-20/h3-6,14-15,21H,7-13H2,1-2H3,(H,19,22). The van der Waals surface area contributed by atoms with Gasteiger partial charge >= 0.3 is 6.03 Å². The van der Waals surface area contributed by atoms with E-state index in [9.17, 15) is 4.79 Å². The van der Waals surface area contributed by atoms with Gasteiger partial charge in [-0.05, 0) is 48.8 Å². The molecule has 1 heterocycles. The number of rotatable bonds is 6. The van der Waals surface area contributed by atoms with Gasteiger partial charge in [0, 0.05) is 26.2 Å². The Morgan fingerprint density at radius 1 is 1.35 bits per heavy atom. The van der Waals surface area contributed by atoms with Crippen molar-refractivity contribution in [2.45, 2.75) is 32.1 Å². The van der Waals surface area contributed by atoms with Crippen molar-refractivity contribution >= 4 is 6.03 Å². The van der Waals surface area contributed by atoms with Crippen molar-refractivity contribution in [2.75, 3.05) is 33.4 Å². The molecule has 0 radical (unpaired) electrons. The van der Waals surface area contributed by atoms with Gasteiger partial charge < -0.3 is 20.1 Å². The molecule has 1 aromatic rings. The van der Waals surface area contributed by atoms with E-state index >= 15 is 0 Å². The van der Waals surface area contributed by atoms with Crippen LogP contribution in [0.15, 0.2) is 24.3 Å². The van der Waals surface area contributed by atoms with E-state index in [0.717, 1.165) is 38.1 Å². The Balaban J connectivity index is 1.70. The third-order valence-corrected chi connectivity index (χ3v) is 4.70. The molecule has 0 aromatic heterocycles. The quantitative estimate of drug-likeness (QED) is 0.847. The lowest BCUT2D eigenvalue weighted by Gasteiger charge is -2.31. The highest BCUT2D eigenvalue weighted by Gasteiger charge is 2.21. The molecule has 2 N–H and O–H groups in total. The molecule has 1 saturated heterocycles. The fraction of sp³-hybridized carbons (Fsp3) is 0.611. The number of carbonyl (C=O) groups excluding carboxylic acids is 1. The molecule has 2 amide bonds. The summed E-state index contributed by atoms with van der Waals surface area (Å²) in [4.78, 5) is 14.0. The zero-order valence-electron chi connectivity index (χ0n) is 14.1. The molecule has 1 aromatic carbocycles. The number of aliphatic hydroxyl groups excluding tert-OH is 1. The second-order valence-corrected chi connectivity index (χ2v) is 6.31. The van der Waals surface area contributed by atoms with Crippen LogP contribution in [-0.4, -0.2) is 49.4 Å². The summed E-state index contributed by atoms with van der Waals surface area (Å²) >= 11 is 0. The highest BCUT2D eigenvalue weighted by molar-refractivity contribution is 5.74. The third kappa shape index (κ3) is 5.13. The molecule has 1 unspecified atom stereocenters. The number of likely N-dealkylation sites (tertiary alicyclic amines) is 1. The van der Waals surface area contributed by atoms with Crippen LogP contribution in [0.25, 0.3) is 0 Å². The lowest BCUT2D eigenvalue weighted by atomic mass is 9.97. The molecule has 0 saturated carbocycles. The first-order valence-electron chi connectivity index (χ1n) is 8.41. The lowest BCUT2D eigenvalue weighted by molar-refractivity contribution is 0.137. The van der Waals surface area contributed by atoms with Gasteiger partial charge in [0.15, 0.2) is 0 Å². The lowest BCUT2D eigenvalue weighted by Crippen LogP contribution is -2.45. The summed E-state index contributed by atoms with van der Waals surface area (Å²) in [6, 6.07) is 8.10. The van der Waals surface area contributed by atoms with Gasteiger partial charge in [-0.3, -0.25) is 0 Å². The van der Waals surface area contributed by atoms with Crippen molar-refractivity contribution in [1.29, 1.82) is 0 Å². The first kappa shape index (κ1) is 17.6. The summed E-state index contributed by atoms with van der Waals surface area (Å²) in [6.45, 7) is 4.55. The number of nitrogens with zero attached hydrogens (tertiary/aromatic N) is 1. The van der Waals surface area contributed by atoms with E-state index in [1.54, 1.807) is 7.11 Å². The summed E-state index contributed by atoms with van der Waals surface area (Å²) < 4.78 is 5.17. The highest BCUT2D eigenvalue weighted by atomic mass is 16.5. The number of methoxy groups -OCH3 is 1. The van der Waals surface area contributed by atoms with Crippen molar-refractivity contribution in [2.24, 2.45) is 5.92 Å². The number of hydrogen-bond donors (Lipinski definition) is 2. The number of urea groups is 1. The first-order valence-corrected chi connectivity index (χ1v) is 8.41. The molecular formula is C18H28N2O3. The second kappa shape index (κ2) is 8.77. The predicted molar refractivity (Wildman–Crippen MR) is 90.8 cm³/mol. The van der Waals surface area contributed by atoms with Crippen molar-refractivity contribution in [3.8, 4) is 5.75 Å². The average molecular weight is 320 g/mol. The summed E-state index contributed by atoms with van der Waals surface area (Å²) in [5, 5.41) is 12.1. The summed E-state index contributed by atoms with van der Waals surface area (Å²) in [5.41, 5.74) is 1.25. The van der Waals surface area contributed by atoms with Crippen molar-refractivity contribution in [1.82, 2.24) is 10.2 Å². The summed E-state index contributed by atoms with van der Waals surface area (Å²) in [6.07, 6.45) is 2.70. The predicted octanol–water partition coefficient (Wildman–Crippen LogP) is 2.60. The number of benzene rings is 1. The van der Waals surface area contributed by atoms with E-state index < -0.39 is 0 Å². The molecule has 2 rings (SSSR count). The topological polar surface area (TPSA) is 61.8 Å². The van der Waals surface area contributed by atoms with Crippen LogP contribution in [0.1, 0.15) is 37.7 Å². The number of hydrogen-bond acceptors (Lipinski definition) is 3. The van der Waals surface area contributed by atoms with Crippen LogP contribution >= 0.6 is 0 Å². The average Bonchev–Trinajstić information content (AvgIpc) is 2.61. The Morgan fingerprint density at radius 2 is 2.00 bits per heavy atom. The minimum Gasteiger partial charge on any atom is -0.497 e. The fourth-order valence-corrected chi connectivity index (χ4v) is 2.93. The summed E-state index contributed by atoms with van der Waals surface area (Å²) in [7, 11) is 1.66. The van der Waals surface area contributed by atoms with E-state index in [1.807, 2.05) is 17.0 Å². The van der Waals surface area contributed by atoms with Crippen LogP contribution in [0.4, 0.5) is 4.79 Å². The molecule has 0 aliphatic carbocycles. The molecular weight excluding hydrogens is 292 g/mol. The van der Waals surface area contributed by atoms with E-state index in [0.29, 0.717) is 18.4 Å². The van der Waals surface area contributed by atoms with E-state index in [-0.39, 0.29) is 12.6 Å². The zero-order chi connectivity index (χ0) is 16.7. The van der Waals surface area contributed by atoms with Crippen LogP contribution in [0.5, 0.6) is 5.75 Å². The van der Waals surface area contributed by atoms with Gasteiger partial charge in [-0.2, -0.15) is 0 Å². The highest BCUT2D eigenvalue weighted by Crippen LogP contribution is 2.21. The fourth-order valence-electron chi connectivity index (χ4n) is 2.93. The van der Waals surface area contributed by atoms with Crippen molar-refractivity contribution < 1.29 is 14.6 Å². The number of ether oxygens (including phenoxy) is 1. The van der Waals surface area contributed by atoms with Gasteiger partial charge in [-0.25, -0.2) is 4.79 Å². The van der Waals surface area contributed by atoms with E-state index in [4.69, 9.17) is 9.84 Å². The maximum Gasteiger partial charge on any atom is 0.317 e. The number of aliphatic hydroxyl groups is 1. The first-order chi connectivity index (χ1) is 11.1. The number of nitrogens with one attached hydrogen (secondary N) is 1. The number of carbonyl (C=O) groups is 1. The van der Waals surface area contributed by atoms with Crippen LogP contribution in [0.2, 0.25) is 0 Å².